The number of nitrogens with zero attached hydrogens (tertiary/aromatic N) is 1. The predicted octanol–water partition coefficient (Wildman–Crippen LogP) is 2.54. The lowest BCUT2D eigenvalue weighted by Crippen LogP contribution is -2.30. The Morgan fingerprint density at radius 1 is 1.47 bits per heavy atom. The highest BCUT2D eigenvalue weighted by Crippen LogP contribution is 2.33. The fourth-order valence-electron chi connectivity index (χ4n) is 2.15. The largest absolute Gasteiger partial charge is 0.451 e. The average Bonchev–Trinajstić information content (AvgIpc) is 2.60. The van der Waals surface area contributed by atoms with E-state index in [1.165, 1.54) is 6.92 Å². The Bertz CT molecular complexity index is 381. The van der Waals surface area contributed by atoms with Gasteiger partial charge in [-0.05, 0) is 38.8 Å². The van der Waals surface area contributed by atoms with Gasteiger partial charge in [0.15, 0.2) is 5.89 Å². The lowest BCUT2D eigenvalue weighted by molar-refractivity contribution is -0.154. The number of nitrogens with one attached hydrogen (secondary N) is 1. The number of hydrogen-bond donors (Lipinski definition) is 1. The first-order valence-electron chi connectivity index (χ1n) is 5.71. The van der Waals surface area contributed by atoms with Gasteiger partial charge in [-0.1, -0.05) is 0 Å². The van der Waals surface area contributed by atoms with E-state index >= 15 is 0 Å². The maximum atomic E-state index is 12.5. The van der Waals surface area contributed by atoms with Gasteiger partial charge in [-0.2, -0.15) is 13.2 Å². The summed E-state index contributed by atoms with van der Waals surface area (Å²) in [5.41, 5.74) is -0.0729. The Morgan fingerprint density at radius 3 is 2.76 bits per heavy atom. The maximum Gasteiger partial charge on any atom is 0.451 e. The molecule has 0 bridgehead atoms. The topological polar surface area (TPSA) is 38.1 Å². The SMILES string of the molecule is Cc1nc(CC2CCCNC2)oc1C(F)(F)F. The molecule has 1 atom stereocenters. The van der Waals surface area contributed by atoms with Crippen molar-refractivity contribution in [3.8, 4) is 0 Å². The fraction of sp³-hybridized carbons (Fsp3) is 0.727. The van der Waals surface area contributed by atoms with Crippen molar-refractivity contribution < 1.29 is 17.6 Å². The maximum absolute atomic E-state index is 12.5. The first-order chi connectivity index (χ1) is 7.97. The number of aromatic nitrogens is 1. The van der Waals surface area contributed by atoms with Gasteiger partial charge in [-0.25, -0.2) is 4.98 Å². The van der Waals surface area contributed by atoms with Crippen LogP contribution >= 0.6 is 0 Å². The summed E-state index contributed by atoms with van der Waals surface area (Å²) in [6, 6.07) is 0. The van der Waals surface area contributed by atoms with Crippen molar-refractivity contribution in [1.29, 1.82) is 0 Å². The molecule has 1 fully saturated rings. The molecule has 0 aliphatic carbocycles. The summed E-state index contributed by atoms with van der Waals surface area (Å²) in [5.74, 6) is -0.442. The van der Waals surface area contributed by atoms with Gasteiger partial charge in [0.2, 0.25) is 5.76 Å². The van der Waals surface area contributed by atoms with Crippen molar-refractivity contribution in [2.75, 3.05) is 13.1 Å². The quantitative estimate of drug-likeness (QED) is 0.874. The molecule has 1 aliphatic heterocycles. The van der Waals surface area contributed by atoms with E-state index in [4.69, 9.17) is 4.42 Å². The van der Waals surface area contributed by atoms with Crippen molar-refractivity contribution in [2.24, 2.45) is 5.92 Å². The molecule has 2 heterocycles. The van der Waals surface area contributed by atoms with Crippen LogP contribution in [-0.2, 0) is 12.6 Å². The molecule has 0 saturated carbocycles. The van der Waals surface area contributed by atoms with E-state index in [0.29, 0.717) is 12.3 Å². The van der Waals surface area contributed by atoms with Gasteiger partial charge in [0.1, 0.15) is 0 Å². The van der Waals surface area contributed by atoms with E-state index < -0.39 is 11.9 Å². The van der Waals surface area contributed by atoms with Gasteiger partial charge in [-0.15, -0.1) is 0 Å². The van der Waals surface area contributed by atoms with Crippen LogP contribution in [0.25, 0.3) is 0 Å². The van der Waals surface area contributed by atoms with Crippen LogP contribution in [0.15, 0.2) is 4.42 Å². The molecule has 0 spiro atoms. The number of rotatable bonds is 2. The monoisotopic (exact) mass is 248 g/mol. The van der Waals surface area contributed by atoms with E-state index in [9.17, 15) is 13.2 Å². The van der Waals surface area contributed by atoms with Gasteiger partial charge in [0.25, 0.3) is 0 Å². The number of oxazole rings is 1. The molecule has 1 aromatic heterocycles. The van der Waals surface area contributed by atoms with Crippen molar-refractivity contribution >= 4 is 0 Å². The van der Waals surface area contributed by atoms with Crippen LogP contribution in [-0.4, -0.2) is 18.1 Å². The van der Waals surface area contributed by atoms with Gasteiger partial charge in [0, 0.05) is 6.42 Å². The first-order valence-corrected chi connectivity index (χ1v) is 5.71. The molecule has 1 aromatic rings. The highest BCUT2D eigenvalue weighted by atomic mass is 19.4. The molecular formula is C11H15F3N2O. The van der Waals surface area contributed by atoms with Crippen LogP contribution < -0.4 is 5.32 Å². The molecule has 96 valence electrons. The summed E-state index contributed by atoms with van der Waals surface area (Å²) >= 11 is 0. The molecule has 1 unspecified atom stereocenters. The number of aryl methyl sites for hydroxylation is 1. The van der Waals surface area contributed by atoms with Gasteiger partial charge < -0.3 is 9.73 Å². The van der Waals surface area contributed by atoms with Crippen LogP contribution in [0.4, 0.5) is 13.2 Å². The predicted molar refractivity (Wildman–Crippen MR) is 55.5 cm³/mol. The molecule has 1 aliphatic rings. The van der Waals surface area contributed by atoms with E-state index in [-0.39, 0.29) is 11.6 Å². The number of alkyl halides is 3. The minimum Gasteiger partial charge on any atom is -0.436 e. The molecule has 0 radical (unpaired) electrons. The molecule has 6 heteroatoms. The van der Waals surface area contributed by atoms with Crippen molar-refractivity contribution in [1.82, 2.24) is 10.3 Å². The fourth-order valence-corrected chi connectivity index (χ4v) is 2.15. The molecule has 17 heavy (non-hydrogen) atoms. The van der Waals surface area contributed by atoms with Crippen molar-refractivity contribution in [3.05, 3.63) is 17.3 Å². The zero-order valence-corrected chi connectivity index (χ0v) is 9.60. The average molecular weight is 248 g/mol. The third-order valence-electron chi connectivity index (χ3n) is 2.96. The van der Waals surface area contributed by atoms with Crippen LogP contribution in [0, 0.1) is 12.8 Å². The molecule has 2 rings (SSSR count). The Kier molecular flexibility index (Phi) is 3.42. The minimum absolute atomic E-state index is 0.0729. The van der Waals surface area contributed by atoms with E-state index in [1.54, 1.807) is 0 Å². The molecule has 3 nitrogen and oxygen atoms in total. The lowest BCUT2D eigenvalue weighted by Gasteiger charge is -2.21. The second-order valence-electron chi connectivity index (χ2n) is 4.44. The number of piperidine rings is 1. The lowest BCUT2D eigenvalue weighted by atomic mass is 9.96. The Morgan fingerprint density at radius 2 is 2.24 bits per heavy atom. The Balaban J connectivity index is 2.06. The normalized spacial score (nSPS) is 21.8. The standard InChI is InChI=1S/C11H15F3N2O/c1-7-10(11(12,13)14)17-9(16-7)5-8-3-2-4-15-6-8/h8,15H,2-6H2,1H3. The number of hydrogen-bond acceptors (Lipinski definition) is 3. The van der Waals surface area contributed by atoms with Crippen molar-refractivity contribution in [2.45, 2.75) is 32.4 Å². The zero-order valence-electron chi connectivity index (χ0n) is 9.60. The van der Waals surface area contributed by atoms with E-state index in [2.05, 4.69) is 10.3 Å². The van der Waals surface area contributed by atoms with Gasteiger partial charge >= 0.3 is 6.18 Å². The molecule has 1 N–H and O–H groups in total. The highest BCUT2D eigenvalue weighted by Gasteiger charge is 2.38. The summed E-state index contributed by atoms with van der Waals surface area (Å²) in [7, 11) is 0. The van der Waals surface area contributed by atoms with Crippen LogP contribution in [0.2, 0.25) is 0 Å². The molecule has 1 saturated heterocycles. The molecule has 0 aromatic carbocycles. The smallest absolute Gasteiger partial charge is 0.436 e. The Hall–Kier alpha value is -1.04. The third kappa shape index (κ3) is 3.00. The summed E-state index contributed by atoms with van der Waals surface area (Å²) in [5, 5.41) is 3.22. The van der Waals surface area contributed by atoms with E-state index in [0.717, 1.165) is 25.9 Å². The highest BCUT2D eigenvalue weighted by molar-refractivity contribution is 5.11. The van der Waals surface area contributed by atoms with Crippen LogP contribution in [0.5, 0.6) is 0 Å². The second kappa shape index (κ2) is 4.68. The Labute approximate surface area is 97.4 Å². The van der Waals surface area contributed by atoms with Gasteiger partial charge in [-0.3, -0.25) is 0 Å². The second-order valence-corrected chi connectivity index (χ2v) is 4.44. The van der Waals surface area contributed by atoms with Crippen LogP contribution in [0.1, 0.15) is 30.2 Å². The first kappa shape index (κ1) is 12.4. The summed E-state index contributed by atoms with van der Waals surface area (Å²) < 4.78 is 42.3. The van der Waals surface area contributed by atoms with Crippen LogP contribution in [0.3, 0.4) is 0 Å². The summed E-state index contributed by atoms with van der Waals surface area (Å²) in [6.07, 6.45) is -1.91. The number of halogens is 3. The van der Waals surface area contributed by atoms with Crippen molar-refractivity contribution in [3.63, 3.8) is 0 Å². The third-order valence-corrected chi connectivity index (χ3v) is 2.96. The van der Waals surface area contributed by atoms with Gasteiger partial charge in [0.05, 0.1) is 5.69 Å². The molecule has 0 amide bonds. The summed E-state index contributed by atoms with van der Waals surface area (Å²) in [4.78, 5) is 3.86. The molecular weight excluding hydrogens is 233 g/mol. The summed E-state index contributed by atoms with van der Waals surface area (Å²) in [6.45, 7) is 3.13. The minimum atomic E-state index is -4.44. The van der Waals surface area contributed by atoms with E-state index in [1.807, 2.05) is 0 Å². The zero-order chi connectivity index (χ0) is 12.5.